The van der Waals surface area contributed by atoms with Gasteiger partial charge < -0.3 is 14.0 Å². The minimum absolute atomic E-state index is 0.0230. The number of carbonyl (C=O) groups is 2. The van der Waals surface area contributed by atoms with Crippen LogP contribution >= 0.6 is 27.4 Å². The summed E-state index contributed by atoms with van der Waals surface area (Å²) in [6, 6.07) is 0. The molecule has 0 aromatic rings. The lowest BCUT2D eigenvalue weighted by molar-refractivity contribution is -0.159. The fraction of sp³-hybridized carbons (Fsp3) is 0.846. The largest absolute Gasteiger partial charge is 0.462 e. The van der Waals surface area contributed by atoms with Gasteiger partial charge in [0.05, 0.1) is 6.61 Å². The van der Waals surface area contributed by atoms with Crippen molar-refractivity contribution in [2.45, 2.75) is 45.6 Å². The van der Waals surface area contributed by atoms with Crippen LogP contribution in [0.4, 0.5) is 0 Å². The molecular weight excluding hydrogens is 363 g/mol. The van der Waals surface area contributed by atoms with E-state index in [0.717, 1.165) is 30.8 Å². The number of hydrogen-bond donors (Lipinski definition) is 0. The summed E-state index contributed by atoms with van der Waals surface area (Å²) in [5.41, 5.74) is 0. The SMILES string of the molecule is CCCCCC(=O)OC[C@H](COP1(=S)SCCS1)OC(C)=O. The van der Waals surface area contributed by atoms with Crippen molar-refractivity contribution in [1.82, 2.24) is 0 Å². The molecule has 1 rings (SSSR count). The van der Waals surface area contributed by atoms with Gasteiger partial charge in [-0.05, 0) is 18.2 Å². The van der Waals surface area contributed by atoms with Gasteiger partial charge in [0.15, 0.2) is 10.8 Å². The van der Waals surface area contributed by atoms with E-state index in [1.165, 1.54) is 6.92 Å². The Balaban J connectivity index is 2.35. The fourth-order valence-electron chi connectivity index (χ4n) is 1.71. The first-order chi connectivity index (χ1) is 10.4. The molecule has 1 fully saturated rings. The van der Waals surface area contributed by atoms with Crippen molar-refractivity contribution in [3.63, 3.8) is 0 Å². The van der Waals surface area contributed by atoms with Gasteiger partial charge in [-0.1, -0.05) is 42.5 Å². The second kappa shape index (κ2) is 10.9. The number of hydrogen-bond acceptors (Lipinski definition) is 8. The Kier molecular flexibility index (Phi) is 10.1. The Morgan fingerprint density at radius 1 is 1.23 bits per heavy atom. The lowest BCUT2D eigenvalue weighted by atomic mass is 10.2. The Morgan fingerprint density at radius 2 is 1.91 bits per heavy atom. The first-order valence-corrected chi connectivity index (χ1v) is 13.2. The molecule has 0 aliphatic carbocycles. The zero-order valence-corrected chi connectivity index (χ0v) is 16.3. The Labute approximate surface area is 145 Å². The standard InChI is InChI=1S/C13H23O5PS3/c1-3-4-5-6-13(15)16-9-12(18-11(2)14)10-17-19(20)21-7-8-22-19/h12H,3-10H2,1-2H3/t12-/m1/s1. The van der Waals surface area contributed by atoms with Gasteiger partial charge in [0.25, 0.3) is 0 Å². The van der Waals surface area contributed by atoms with E-state index in [9.17, 15) is 9.59 Å². The molecule has 1 heterocycles. The molecule has 9 heteroatoms. The molecule has 1 atom stereocenters. The molecule has 0 bridgehead atoms. The number of rotatable bonds is 10. The predicted molar refractivity (Wildman–Crippen MR) is 95.8 cm³/mol. The van der Waals surface area contributed by atoms with Gasteiger partial charge in [0, 0.05) is 24.9 Å². The van der Waals surface area contributed by atoms with Crippen LogP contribution < -0.4 is 0 Å². The molecule has 128 valence electrons. The highest BCUT2D eigenvalue weighted by atomic mass is 33.2. The van der Waals surface area contributed by atoms with E-state index in [1.54, 1.807) is 22.8 Å². The van der Waals surface area contributed by atoms with Gasteiger partial charge in [-0.2, -0.15) is 0 Å². The Hall–Kier alpha value is 0.250. The molecular formula is C13H23O5PS3. The monoisotopic (exact) mass is 386 g/mol. The smallest absolute Gasteiger partial charge is 0.305 e. The zero-order chi connectivity index (χ0) is 16.4. The topological polar surface area (TPSA) is 61.8 Å². The normalized spacial score (nSPS) is 17.9. The van der Waals surface area contributed by atoms with Crippen molar-refractivity contribution in [2.75, 3.05) is 24.7 Å². The third-order valence-electron chi connectivity index (χ3n) is 2.75. The summed E-state index contributed by atoms with van der Waals surface area (Å²) in [5.74, 6) is 1.30. The minimum atomic E-state index is -1.90. The summed E-state index contributed by atoms with van der Waals surface area (Å²) in [6.07, 6.45) is 2.68. The van der Waals surface area contributed by atoms with Gasteiger partial charge in [-0.15, -0.1) is 0 Å². The molecule has 22 heavy (non-hydrogen) atoms. The van der Waals surface area contributed by atoms with E-state index in [4.69, 9.17) is 25.8 Å². The summed E-state index contributed by atoms with van der Waals surface area (Å²) in [4.78, 5) is 22.7. The first kappa shape index (κ1) is 20.3. The number of unbranched alkanes of at least 4 members (excludes halogenated alkanes) is 2. The van der Waals surface area contributed by atoms with E-state index in [-0.39, 0.29) is 19.2 Å². The quantitative estimate of drug-likeness (QED) is 0.319. The fourth-order valence-corrected chi connectivity index (χ4v) is 10.6. The maximum atomic E-state index is 11.6. The summed E-state index contributed by atoms with van der Waals surface area (Å²) in [6.45, 7) is 3.61. The first-order valence-electron chi connectivity index (χ1n) is 7.31. The van der Waals surface area contributed by atoms with Gasteiger partial charge >= 0.3 is 11.9 Å². The second-order valence-electron chi connectivity index (χ2n) is 4.78. The third-order valence-corrected chi connectivity index (χ3v) is 12.6. The highest BCUT2D eigenvalue weighted by Gasteiger charge is 2.27. The minimum Gasteiger partial charge on any atom is -0.462 e. The van der Waals surface area contributed by atoms with E-state index in [2.05, 4.69) is 6.92 Å². The van der Waals surface area contributed by atoms with Crippen LogP contribution in [0.1, 0.15) is 39.5 Å². The summed E-state index contributed by atoms with van der Waals surface area (Å²) in [7, 11) is 0. The molecule has 0 aromatic carbocycles. The van der Waals surface area contributed by atoms with Crippen LogP contribution in [0.5, 0.6) is 0 Å². The molecule has 1 aliphatic heterocycles. The summed E-state index contributed by atoms with van der Waals surface area (Å²) in [5, 5.41) is 0. The van der Waals surface area contributed by atoms with Crippen LogP contribution in [0.3, 0.4) is 0 Å². The van der Waals surface area contributed by atoms with Crippen molar-refractivity contribution in [1.29, 1.82) is 0 Å². The van der Waals surface area contributed by atoms with Crippen molar-refractivity contribution < 1.29 is 23.6 Å². The average Bonchev–Trinajstić information content (AvgIpc) is 2.89. The molecule has 0 N–H and O–H groups in total. The maximum Gasteiger partial charge on any atom is 0.305 e. The second-order valence-corrected chi connectivity index (χ2v) is 15.5. The summed E-state index contributed by atoms with van der Waals surface area (Å²) >= 11 is 8.80. The van der Waals surface area contributed by atoms with Crippen LogP contribution in [0.2, 0.25) is 0 Å². The lowest BCUT2D eigenvalue weighted by Gasteiger charge is -2.20. The van der Waals surface area contributed by atoms with Gasteiger partial charge in [0.2, 0.25) is 0 Å². The van der Waals surface area contributed by atoms with Crippen molar-refractivity contribution >= 4 is 51.2 Å². The van der Waals surface area contributed by atoms with Gasteiger partial charge in [-0.3, -0.25) is 9.59 Å². The highest BCUT2D eigenvalue weighted by Crippen LogP contribution is 2.74. The molecule has 0 saturated carbocycles. The number of esters is 2. The third kappa shape index (κ3) is 8.77. The van der Waals surface area contributed by atoms with E-state index in [1.807, 2.05) is 0 Å². The van der Waals surface area contributed by atoms with Gasteiger partial charge in [-0.25, -0.2) is 0 Å². The zero-order valence-electron chi connectivity index (χ0n) is 12.9. The predicted octanol–water partition coefficient (Wildman–Crippen LogP) is 3.76. The van der Waals surface area contributed by atoms with Crippen LogP contribution in [-0.4, -0.2) is 42.8 Å². The number of carbonyl (C=O) groups excluding carboxylic acids is 2. The van der Waals surface area contributed by atoms with Crippen molar-refractivity contribution in [3.05, 3.63) is 0 Å². The molecule has 1 saturated heterocycles. The van der Waals surface area contributed by atoms with Crippen LogP contribution in [0, 0.1) is 0 Å². The van der Waals surface area contributed by atoms with Crippen molar-refractivity contribution in [2.24, 2.45) is 0 Å². The maximum absolute atomic E-state index is 11.6. The molecule has 0 aromatic heterocycles. The highest BCUT2D eigenvalue weighted by molar-refractivity contribution is 9.00. The van der Waals surface area contributed by atoms with Crippen LogP contribution in [0.15, 0.2) is 0 Å². The van der Waals surface area contributed by atoms with E-state index >= 15 is 0 Å². The van der Waals surface area contributed by atoms with Crippen molar-refractivity contribution in [3.8, 4) is 0 Å². The number of ether oxygens (including phenoxy) is 2. The molecule has 0 spiro atoms. The van der Waals surface area contributed by atoms with Gasteiger partial charge in [0.1, 0.15) is 6.61 Å². The van der Waals surface area contributed by atoms with E-state index < -0.39 is 16.7 Å². The van der Waals surface area contributed by atoms with Crippen LogP contribution in [0.25, 0.3) is 0 Å². The average molecular weight is 386 g/mol. The van der Waals surface area contributed by atoms with Crippen LogP contribution in [-0.2, 0) is 35.4 Å². The lowest BCUT2D eigenvalue weighted by Crippen LogP contribution is -2.28. The van der Waals surface area contributed by atoms with E-state index in [0.29, 0.717) is 6.42 Å². The molecule has 0 amide bonds. The molecule has 1 aliphatic rings. The molecule has 5 nitrogen and oxygen atoms in total. The molecule has 0 unspecified atom stereocenters. The molecule has 0 radical (unpaired) electrons. The summed E-state index contributed by atoms with van der Waals surface area (Å²) < 4.78 is 14.2. The Morgan fingerprint density at radius 3 is 2.50 bits per heavy atom. The Bertz CT molecular complexity index is 408.